The second-order valence-corrected chi connectivity index (χ2v) is 5.18. The van der Waals surface area contributed by atoms with Crippen molar-refractivity contribution in [2.45, 2.75) is 25.8 Å². The minimum absolute atomic E-state index is 0.455. The topological polar surface area (TPSA) is 53.6 Å². The molecule has 0 saturated heterocycles. The molecule has 0 radical (unpaired) electrons. The van der Waals surface area contributed by atoms with Gasteiger partial charge in [-0.1, -0.05) is 18.7 Å². The number of nitriles is 1. The van der Waals surface area contributed by atoms with Crippen molar-refractivity contribution in [1.29, 1.82) is 5.26 Å². The van der Waals surface area contributed by atoms with E-state index in [9.17, 15) is 0 Å². The predicted molar refractivity (Wildman–Crippen MR) is 81.0 cm³/mol. The first-order valence-corrected chi connectivity index (χ1v) is 6.46. The standard InChI is InChI=1S/C16H18N4/c1-4-20-11-13(10-19-20)9-18-15-7-5-14(6-8-15)16(2,3)12-17/h4-8,10-11,18H,1,9H2,2-3H3. The van der Waals surface area contributed by atoms with Gasteiger partial charge in [-0.15, -0.1) is 0 Å². The maximum absolute atomic E-state index is 9.11. The molecule has 2 rings (SSSR count). The van der Waals surface area contributed by atoms with Gasteiger partial charge in [-0.25, -0.2) is 4.68 Å². The van der Waals surface area contributed by atoms with Crippen LogP contribution >= 0.6 is 0 Å². The molecule has 4 nitrogen and oxygen atoms in total. The molecule has 0 spiro atoms. The molecule has 1 aromatic carbocycles. The second kappa shape index (κ2) is 5.62. The Hall–Kier alpha value is -2.54. The summed E-state index contributed by atoms with van der Waals surface area (Å²) in [5, 5.41) is 16.6. The summed E-state index contributed by atoms with van der Waals surface area (Å²) in [7, 11) is 0. The molecular weight excluding hydrogens is 248 g/mol. The van der Waals surface area contributed by atoms with Gasteiger partial charge in [-0.05, 0) is 31.5 Å². The third-order valence-electron chi connectivity index (χ3n) is 3.22. The lowest BCUT2D eigenvalue weighted by atomic mass is 9.86. The molecule has 0 aliphatic carbocycles. The first-order chi connectivity index (χ1) is 9.55. The molecule has 1 heterocycles. The average Bonchev–Trinajstić information content (AvgIpc) is 2.93. The number of benzene rings is 1. The second-order valence-electron chi connectivity index (χ2n) is 5.18. The summed E-state index contributed by atoms with van der Waals surface area (Å²) in [6.07, 6.45) is 5.39. The smallest absolute Gasteiger partial charge is 0.0766 e. The molecule has 4 heteroatoms. The number of rotatable bonds is 5. The average molecular weight is 266 g/mol. The van der Waals surface area contributed by atoms with Gasteiger partial charge in [-0.2, -0.15) is 10.4 Å². The van der Waals surface area contributed by atoms with Crippen molar-refractivity contribution in [3.63, 3.8) is 0 Å². The van der Waals surface area contributed by atoms with Crippen LogP contribution in [0.1, 0.15) is 25.0 Å². The SMILES string of the molecule is C=Cn1cc(CNc2ccc(C(C)(C)C#N)cc2)cn1. The third kappa shape index (κ3) is 3.07. The number of hydrogen-bond donors (Lipinski definition) is 1. The van der Waals surface area contributed by atoms with E-state index >= 15 is 0 Å². The number of anilines is 1. The van der Waals surface area contributed by atoms with E-state index in [-0.39, 0.29) is 0 Å². The van der Waals surface area contributed by atoms with Gasteiger partial charge in [0.1, 0.15) is 0 Å². The fourth-order valence-electron chi connectivity index (χ4n) is 1.84. The van der Waals surface area contributed by atoms with Crippen LogP contribution in [0.2, 0.25) is 0 Å². The van der Waals surface area contributed by atoms with Crippen molar-refractivity contribution in [2.24, 2.45) is 0 Å². The Labute approximate surface area is 119 Å². The zero-order valence-corrected chi connectivity index (χ0v) is 11.8. The van der Waals surface area contributed by atoms with Crippen LogP contribution in [0.5, 0.6) is 0 Å². The molecule has 0 saturated carbocycles. The lowest BCUT2D eigenvalue weighted by Gasteiger charge is -2.16. The van der Waals surface area contributed by atoms with Gasteiger partial charge in [0.25, 0.3) is 0 Å². The highest BCUT2D eigenvalue weighted by molar-refractivity contribution is 5.47. The number of hydrogen-bond acceptors (Lipinski definition) is 3. The maximum Gasteiger partial charge on any atom is 0.0766 e. The van der Waals surface area contributed by atoms with Crippen LogP contribution in [-0.2, 0) is 12.0 Å². The van der Waals surface area contributed by atoms with Crippen LogP contribution in [-0.4, -0.2) is 9.78 Å². The number of aromatic nitrogens is 2. The van der Waals surface area contributed by atoms with E-state index < -0.39 is 5.41 Å². The summed E-state index contributed by atoms with van der Waals surface area (Å²) < 4.78 is 1.68. The van der Waals surface area contributed by atoms with Crippen LogP contribution in [0.25, 0.3) is 6.20 Å². The van der Waals surface area contributed by atoms with Crippen molar-refractivity contribution in [1.82, 2.24) is 9.78 Å². The Kier molecular flexibility index (Phi) is 3.90. The molecule has 2 aromatic rings. The first-order valence-electron chi connectivity index (χ1n) is 6.46. The molecular formula is C16H18N4. The van der Waals surface area contributed by atoms with E-state index in [0.717, 1.165) is 16.8 Å². The van der Waals surface area contributed by atoms with Crippen LogP contribution < -0.4 is 5.32 Å². The molecule has 0 fully saturated rings. The highest BCUT2D eigenvalue weighted by Crippen LogP contribution is 2.23. The highest BCUT2D eigenvalue weighted by Gasteiger charge is 2.18. The molecule has 1 aromatic heterocycles. The van der Waals surface area contributed by atoms with E-state index in [1.165, 1.54) is 0 Å². The molecule has 0 aliphatic heterocycles. The highest BCUT2D eigenvalue weighted by atomic mass is 15.2. The molecule has 0 amide bonds. The van der Waals surface area contributed by atoms with E-state index in [4.69, 9.17) is 5.26 Å². The summed E-state index contributed by atoms with van der Waals surface area (Å²) in [4.78, 5) is 0. The van der Waals surface area contributed by atoms with Crippen molar-refractivity contribution in [3.05, 3.63) is 54.4 Å². The van der Waals surface area contributed by atoms with Gasteiger partial charge in [0.15, 0.2) is 0 Å². The minimum Gasteiger partial charge on any atom is -0.381 e. The maximum atomic E-state index is 9.11. The Bertz CT molecular complexity index is 629. The first kappa shape index (κ1) is 13.9. The van der Waals surface area contributed by atoms with E-state index in [1.807, 2.05) is 50.5 Å². The fraction of sp³-hybridized carbons (Fsp3) is 0.250. The summed E-state index contributed by atoms with van der Waals surface area (Å²) in [6.45, 7) is 8.19. The lowest BCUT2D eigenvalue weighted by Crippen LogP contribution is -2.13. The molecule has 0 atom stereocenters. The molecule has 20 heavy (non-hydrogen) atoms. The molecule has 0 unspecified atom stereocenters. The fourth-order valence-corrected chi connectivity index (χ4v) is 1.84. The molecule has 0 aliphatic rings. The molecule has 102 valence electrons. The Morgan fingerprint density at radius 1 is 1.40 bits per heavy atom. The van der Waals surface area contributed by atoms with E-state index in [2.05, 4.69) is 23.1 Å². The molecule has 1 N–H and O–H groups in total. The normalized spacial score (nSPS) is 10.8. The van der Waals surface area contributed by atoms with Crippen molar-refractivity contribution in [3.8, 4) is 6.07 Å². The quantitative estimate of drug-likeness (QED) is 0.902. The van der Waals surface area contributed by atoms with E-state index in [1.54, 1.807) is 10.9 Å². The van der Waals surface area contributed by atoms with Crippen LogP contribution in [0.3, 0.4) is 0 Å². The van der Waals surface area contributed by atoms with Crippen molar-refractivity contribution >= 4 is 11.9 Å². The lowest BCUT2D eigenvalue weighted by molar-refractivity contribution is 0.687. The van der Waals surface area contributed by atoms with Crippen molar-refractivity contribution in [2.75, 3.05) is 5.32 Å². The third-order valence-corrected chi connectivity index (χ3v) is 3.22. The van der Waals surface area contributed by atoms with Crippen LogP contribution in [0.15, 0.2) is 43.2 Å². The van der Waals surface area contributed by atoms with Gasteiger partial charge in [0.2, 0.25) is 0 Å². The largest absolute Gasteiger partial charge is 0.381 e. The van der Waals surface area contributed by atoms with Gasteiger partial charge in [0.05, 0.1) is 17.7 Å². The van der Waals surface area contributed by atoms with Gasteiger partial charge >= 0.3 is 0 Å². The summed E-state index contributed by atoms with van der Waals surface area (Å²) in [5.74, 6) is 0. The Balaban J connectivity index is 2.01. The van der Waals surface area contributed by atoms with Crippen LogP contribution in [0, 0.1) is 11.3 Å². The van der Waals surface area contributed by atoms with E-state index in [0.29, 0.717) is 6.54 Å². The zero-order chi connectivity index (χ0) is 14.6. The van der Waals surface area contributed by atoms with Crippen molar-refractivity contribution < 1.29 is 0 Å². The van der Waals surface area contributed by atoms with Gasteiger partial charge in [0, 0.05) is 30.2 Å². The monoisotopic (exact) mass is 266 g/mol. The zero-order valence-electron chi connectivity index (χ0n) is 11.8. The summed E-state index contributed by atoms with van der Waals surface area (Å²) >= 11 is 0. The van der Waals surface area contributed by atoms with Gasteiger partial charge < -0.3 is 5.32 Å². The van der Waals surface area contributed by atoms with Crippen LogP contribution in [0.4, 0.5) is 5.69 Å². The minimum atomic E-state index is -0.455. The van der Waals surface area contributed by atoms with Gasteiger partial charge in [-0.3, -0.25) is 0 Å². The predicted octanol–water partition coefficient (Wildman–Crippen LogP) is 3.40. The summed E-state index contributed by atoms with van der Waals surface area (Å²) in [5.41, 5.74) is 2.68. The summed E-state index contributed by atoms with van der Waals surface area (Å²) in [6, 6.07) is 10.3. The number of nitrogens with one attached hydrogen (secondary N) is 1. The number of nitrogens with zero attached hydrogens (tertiary/aromatic N) is 3. The Morgan fingerprint density at radius 3 is 2.65 bits per heavy atom. The Morgan fingerprint density at radius 2 is 2.10 bits per heavy atom. The molecule has 0 bridgehead atoms.